The Morgan fingerprint density at radius 1 is 1.14 bits per heavy atom. The van der Waals surface area contributed by atoms with Crippen molar-refractivity contribution >= 4 is 40.2 Å². The molecule has 3 aromatic rings. The van der Waals surface area contributed by atoms with Crippen LogP contribution >= 0.6 is 23.4 Å². The fraction of sp³-hybridized carbons (Fsp3) is 0. The predicted octanol–water partition coefficient (Wildman–Crippen LogP) is 4.13. The van der Waals surface area contributed by atoms with Crippen LogP contribution in [0.2, 0.25) is 5.02 Å². The van der Waals surface area contributed by atoms with Crippen molar-refractivity contribution in [2.75, 3.05) is 0 Å². The minimum Gasteiger partial charge on any atom is -0.478 e. The highest BCUT2D eigenvalue weighted by Crippen LogP contribution is 2.35. The van der Waals surface area contributed by atoms with Gasteiger partial charge in [-0.05, 0) is 24.3 Å². The molecular formula is C15H9ClN2O2S. The number of hydrogen-bond acceptors (Lipinski definition) is 4. The Hall–Kier alpha value is -2.11. The SMILES string of the molecule is O=C(O)c1ccc(Sc2ncnc3ccccc23)c(Cl)c1. The van der Waals surface area contributed by atoms with Crippen molar-refractivity contribution in [3.63, 3.8) is 0 Å². The first-order valence-corrected chi connectivity index (χ1v) is 7.25. The summed E-state index contributed by atoms with van der Waals surface area (Å²) in [6.07, 6.45) is 1.50. The van der Waals surface area contributed by atoms with Crippen molar-refractivity contribution in [1.29, 1.82) is 0 Å². The number of halogens is 1. The minimum atomic E-state index is -0.999. The molecule has 0 saturated carbocycles. The van der Waals surface area contributed by atoms with E-state index in [0.717, 1.165) is 20.8 Å². The van der Waals surface area contributed by atoms with E-state index in [0.29, 0.717) is 5.02 Å². The number of hydrogen-bond donors (Lipinski definition) is 1. The Bertz CT molecular complexity index is 834. The highest BCUT2D eigenvalue weighted by molar-refractivity contribution is 7.99. The number of para-hydroxylation sites is 1. The maximum atomic E-state index is 10.9. The molecule has 6 heteroatoms. The first-order chi connectivity index (χ1) is 10.1. The molecule has 0 amide bonds. The number of benzene rings is 2. The molecule has 0 atom stereocenters. The normalized spacial score (nSPS) is 10.7. The van der Waals surface area contributed by atoms with E-state index >= 15 is 0 Å². The number of carbonyl (C=O) groups is 1. The highest BCUT2D eigenvalue weighted by Gasteiger charge is 2.11. The summed E-state index contributed by atoms with van der Waals surface area (Å²) in [4.78, 5) is 20.2. The highest BCUT2D eigenvalue weighted by atomic mass is 35.5. The lowest BCUT2D eigenvalue weighted by Crippen LogP contribution is -1.95. The number of fused-ring (bicyclic) bond motifs is 1. The largest absolute Gasteiger partial charge is 0.478 e. The molecule has 104 valence electrons. The predicted molar refractivity (Wildman–Crippen MR) is 82.1 cm³/mol. The van der Waals surface area contributed by atoms with Gasteiger partial charge in [-0.3, -0.25) is 0 Å². The number of carboxylic acids is 1. The van der Waals surface area contributed by atoms with E-state index in [2.05, 4.69) is 9.97 Å². The van der Waals surface area contributed by atoms with E-state index in [9.17, 15) is 4.79 Å². The van der Waals surface area contributed by atoms with Crippen molar-refractivity contribution in [3.8, 4) is 0 Å². The van der Waals surface area contributed by atoms with Crippen LogP contribution in [0.4, 0.5) is 0 Å². The molecule has 1 heterocycles. The van der Waals surface area contributed by atoms with Gasteiger partial charge in [0, 0.05) is 10.3 Å². The zero-order valence-corrected chi connectivity index (χ0v) is 12.2. The molecule has 21 heavy (non-hydrogen) atoms. The average Bonchev–Trinajstić information content (AvgIpc) is 2.49. The molecule has 0 bridgehead atoms. The van der Waals surface area contributed by atoms with E-state index in [4.69, 9.17) is 16.7 Å². The van der Waals surface area contributed by atoms with Gasteiger partial charge >= 0.3 is 5.97 Å². The van der Waals surface area contributed by atoms with Gasteiger partial charge in [-0.2, -0.15) is 0 Å². The van der Waals surface area contributed by atoms with Gasteiger partial charge in [0.15, 0.2) is 0 Å². The van der Waals surface area contributed by atoms with E-state index in [1.165, 1.54) is 30.2 Å². The van der Waals surface area contributed by atoms with Gasteiger partial charge in [0.1, 0.15) is 11.4 Å². The third-order valence-corrected chi connectivity index (χ3v) is 4.41. The van der Waals surface area contributed by atoms with E-state index < -0.39 is 5.97 Å². The second-order valence-corrected chi connectivity index (χ2v) is 5.69. The fourth-order valence-electron chi connectivity index (χ4n) is 1.88. The third kappa shape index (κ3) is 2.84. The van der Waals surface area contributed by atoms with Crippen LogP contribution in [0.3, 0.4) is 0 Å². The molecule has 0 saturated heterocycles. The van der Waals surface area contributed by atoms with Crippen LogP contribution in [0.1, 0.15) is 10.4 Å². The van der Waals surface area contributed by atoms with Crippen molar-refractivity contribution in [2.45, 2.75) is 9.92 Å². The molecule has 0 fully saturated rings. The Balaban J connectivity index is 2.01. The van der Waals surface area contributed by atoms with Gasteiger partial charge in [-0.25, -0.2) is 14.8 Å². The summed E-state index contributed by atoms with van der Waals surface area (Å²) in [5.74, 6) is -0.999. The van der Waals surface area contributed by atoms with E-state index in [1.54, 1.807) is 6.07 Å². The fourth-order valence-corrected chi connectivity index (χ4v) is 3.06. The lowest BCUT2D eigenvalue weighted by Gasteiger charge is -2.06. The summed E-state index contributed by atoms with van der Waals surface area (Å²) in [6, 6.07) is 12.3. The standard InChI is InChI=1S/C15H9ClN2O2S/c16-11-7-9(15(19)20)5-6-13(11)21-14-10-3-1-2-4-12(10)17-8-18-14/h1-8H,(H,19,20). The van der Waals surface area contributed by atoms with Gasteiger partial charge < -0.3 is 5.11 Å². The number of aromatic nitrogens is 2. The smallest absolute Gasteiger partial charge is 0.335 e. The molecule has 4 nitrogen and oxygen atoms in total. The molecule has 0 radical (unpaired) electrons. The summed E-state index contributed by atoms with van der Waals surface area (Å²) in [7, 11) is 0. The molecule has 3 rings (SSSR count). The molecular weight excluding hydrogens is 308 g/mol. The molecule has 0 spiro atoms. The maximum absolute atomic E-state index is 10.9. The maximum Gasteiger partial charge on any atom is 0.335 e. The molecule has 0 aliphatic rings. The van der Waals surface area contributed by atoms with Crippen molar-refractivity contribution in [3.05, 3.63) is 59.4 Å². The summed E-state index contributed by atoms with van der Waals surface area (Å²) in [6.45, 7) is 0. The van der Waals surface area contributed by atoms with Gasteiger partial charge in [0.05, 0.1) is 16.1 Å². The van der Waals surface area contributed by atoms with Gasteiger partial charge in [0.25, 0.3) is 0 Å². The Morgan fingerprint density at radius 2 is 1.95 bits per heavy atom. The van der Waals surface area contributed by atoms with E-state index in [1.807, 2.05) is 24.3 Å². The second-order valence-electron chi connectivity index (χ2n) is 4.25. The number of aromatic carboxylic acids is 1. The third-order valence-electron chi connectivity index (χ3n) is 2.89. The molecule has 0 unspecified atom stereocenters. The quantitative estimate of drug-likeness (QED) is 0.736. The summed E-state index contributed by atoms with van der Waals surface area (Å²) in [5, 5.41) is 11.1. The molecule has 0 aliphatic heterocycles. The first-order valence-electron chi connectivity index (χ1n) is 6.05. The van der Waals surface area contributed by atoms with Crippen molar-refractivity contribution in [1.82, 2.24) is 9.97 Å². The van der Waals surface area contributed by atoms with Gasteiger partial charge in [-0.15, -0.1) is 0 Å². The molecule has 1 aromatic heterocycles. The summed E-state index contributed by atoms with van der Waals surface area (Å²) < 4.78 is 0. The number of nitrogens with zero attached hydrogens (tertiary/aromatic N) is 2. The number of carboxylic acid groups (broad SMARTS) is 1. The van der Waals surface area contributed by atoms with Crippen LogP contribution in [0.5, 0.6) is 0 Å². The Morgan fingerprint density at radius 3 is 2.71 bits per heavy atom. The Labute approximate surface area is 129 Å². The van der Waals surface area contributed by atoms with Crippen molar-refractivity contribution in [2.24, 2.45) is 0 Å². The van der Waals surface area contributed by atoms with Crippen LogP contribution < -0.4 is 0 Å². The zero-order valence-electron chi connectivity index (χ0n) is 10.7. The first kappa shape index (κ1) is 13.9. The number of rotatable bonds is 3. The van der Waals surface area contributed by atoms with Gasteiger partial charge in [-0.1, -0.05) is 41.6 Å². The molecule has 2 aromatic carbocycles. The molecule has 1 N–H and O–H groups in total. The van der Waals surface area contributed by atoms with E-state index in [-0.39, 0.29) is 5.56 Å². The summed E-state index contributed by atoms with van der Waals surface area (Å²) in [5.41, 5.74) is 1.02. The van der Waals surface area contributed by atoms with Crippen LogP contribution in [0.25, 0.3) is 10.9 Å². The van der Waals surface area contributed by atoms with Crippen LogP contribution in [0, 0.1) is 0 Å². The Kier molecular flexibility index (Phi) is 3.77. The summed E-state index contributed by atoms with van der Waals surface area (Å²) >= 11 is 7.54. The minimum absolute atomic E-state index is 0.164. The average molecular weight is 317 g/mol. The second kappa shape index (κ2) is 5.71. The lowest BCUT2D eigenvalue weighted by atomic mass is 10.2. The lowest BCUT2D eigenvalue weighted by molar-refractivity contribution is 0.0697. The topological polar surface area (TPSA) is 63.1 Å². The van der Waals surface area contributed by atoms with Crippen LogP contribution in [0.15, 0.2) is 58.7 Å². The van der Waals surface area contributed by atoms with Crippen LogP contribution in [-0.4, -0.2) is 21.0 Å². The van der Waals surface area contributed by atoms with Crippen LogP contribution in [-0.2, 0) is 0 Å². The monoisotopic (exact) mass is 316 g/mol. The molecule has 0 aliphatic carbocycles. The zero-order chi connectivity index (χ0) is 14.8. The van der Waals surface area contributed by atoms with Gasteiger partial charge in [0.2, 0.25) is 0 Å². The van der Waals surface area contributed by atoms with Crippen molar-refractivity contribution < 1.29 is 9.90 Å².